The summed E-state index contributed by atoms with van der Waals surface area (Å²) in [6, 6.07) is 22.7. The second kappa shape index (κ2) is 10.7. The fraction of sp³-hybridized carbons (Fsp3) is 0.286. The minimum absolute atomic E-state index is 0.262. The summed E-state index contributed by atoms with van der Waals surface area (Å²) >= 11 is 0. The largest absolute Gasteiger partial charge is 0.573 e. The average molecular weight is 511 g/mol. The molecule has 0 saturated carbocycles. The minimum Gasteiger partial charge on any atom is -0.406 e. The molecular weight excluding hydrogens is 481 g/mol. The zero-order valence-corrected chi connectivity index (χ0v) is 20.5. The van der Waals surface area contributed by atoms with Gasteiger partial charge in [-0.3, -0.25) is 4.90 Å². The van der Waals surface area contributed by atoms with Crippen molar-refractivity contribution < 1.29 is 22.6 Å². The highest BCUT2D eigenvalue weighted by molar-refractivity contribution is 5.69. The lowest BCUT2D eigenvalue weighted by molar-refractivity contribution is -0.274. The van der Waals surface area contributed by atoms with Gasteiger partial charge in [-0.05, 0) is 46.5 Å². The number of nitrogens with zero attached hydrogens (tertiary/aromatic N) is 2. The first-order chi connectivity index (χ1) is 17.9. The van der Waals surface area contributed by atoms with Gasteiger partial charge in [-0.2, -0.15) is 0 Å². The summed E-state index contributed by atoms with van der Waals surface area (Å²) in [5, 5.41) is 6.54. The van der Waals surface area contributed by atoms with Crippen LogP contribution in [0.5, 0.6) is 5.75 Å². The van der Waals surface area contributed by atoms with Crippen LogP contribution in [0.1, 0.15) is 17.4 Å². The topological polar surface area (TPSA) is 49.0 Å². The van der Waals surface area contributed by atoms with Gasteiger partial charge in [-0.15, -0.1) is 13.2 Å². The normalized spacial score (nSPS) is 16.8. The van der Waals surface area contributed by atoms with Crippen molar-refractivity contribution in [2.75, 3.05) is 38.3 Å². The molecule has 9 heteroatoms. The Morgan fingerprint density at radius 3 is 2.51 bits per heavy atom. The van der Waals surface area contributed by atoms with Gasteiger partial charge in [0.05, 0.1) is 13.2 Å². The van der Waals surface area contributed by atoms with Gasteiger partial charge in [-0.25, -0.2) is 0 Å². The smallest absolute Gasteiger partial charge is 0.406 e. The molecule has 3 aromatic rings. The molecule has 0 bridgehead atoms. The fourth-order valence-corrected chi connectivity index (χ4v) is 4.92. The lowest BCUT2D eigenvalue weighted by Crippen LogP contribution is -2.36. The van der Waals surface area contributed by atoms with Crippen molar-refractivity contribution in [2.45, 2.75) is 19.1 Å². The first kappa shape index (κ1) is 25.0. The van der Waals surface area contributed by atoms with Gasteiger partial charge in [0.2, 0.25) is 0 Å². The first-order valence-corrected chi connectivity index (χ1v) is 12.1. The zero-order valence-electron chi connectivity index (χ0n) is 20.5. The van der Waals surface area contributed by atoms with Crippen molar-refractivity contribution in [1.29, 1.82) is 0 Å². The van der Waals surface area contributed by atoms with E-state index in [9.17, 15) is 13.2 Å². The maximum atomic E-state index is 12.8. The number of nitrogens with one attached hydrogen (secondary N) is 2. The standard InChI is InChI=1S/C28H29F3N4O2/c1-36-27(22-8-5-9-25(15-22)37-28(29,30)31)35-13-12-34(18-24-16-32-19-33-24)26-11-10-21(14-23(26)17-35)20-6-3-2-4-7-20/h2-11,14-16,27,32-33H,12-13,17-19H2,1H3. The molecule has 2 heterocycles. The van der Waals surface area contributed by atoms with Crippen molar-refractivity contribution in [1.82, 2.24) is 15.5 Å². The molecule has 0 amide bonds. The number of hydrogen-bond donors (Lipinski definition) is 2. The Balaban J connectivity index is 1.48. The van der Waals surface area contributed by atoms with E-state index in [0.717, 1.165) is 34.6 Å². The molecular formula is C28H29F3N4O2. The van der Waals surface area contributed by atoms with Crippen LogP contribution in [-0.2, 0) is 11.3 Å². The molecule has 2 aliphatic rings. The van der Waals surface area contributed by atoms with E-state index >= 15 is 0 Å². The van der Waals surface area contributed by atoms with Crippen molar-refractivity contribution in [3.05, 3.63) is 95.8 Å². The second-order valence-corrected chi connectivity index (χ2v) is 9.04. The van der Waals surface area contributed by atoms with Gasteiger partial charge in [-0.1, -0.05) is 48.5 Å². The van der Waals surface area contributed by atoms with Crippen molar-refractivity contribution in [3.8, 4) is 16.9 Å². The van der Waals surface area contributed by atoms with Crippen molar-refractivity contribution >= 4 is 5.69 Å². The number of methoxy groups -OCH3 is 1. The highest BCUT2D eigenvalue weighted by atomic mass is 19.4. The average Bonchev–Trinajstić information content (AvgIpc) is 3.33. The predicted octanol–water partition coefficient (Wildman–Crippen LogP) is 5.21. The molecule has 194 valence electrons. The van der Waals surface area contributed by atoms with Crippen molar-refractivity contribution in [3.63, 3.8) is 0 Å². The number of anilines is 1. The van der Waals surface area contributed by atoms with E-state index in [1.165, 1.54) is 12.1 Å². The van der Waals surface area contributed by atoms with Crippen LogP contribution in [0.2, 0.25) is 0 Å². The Morgan fingerprint density at radius 2 is 1.78 bits per heavy atom. The number of hydrogen-bond acceptors (Lipinski definition) is 6. The van der Waals surface area contributed by atoms with Crippen LogP contribution in [0, 0.1) is 0 Å². The number of fused-ring (bicyclic) bond motifs is 1. The molecule has 1 atom stereocenters. The second-order valence-electron chi connectivity index (χ2n) is 9.04. The summed E-state index contributed by atoms with van der Waals surface area (Å²) in [7, 11) is 1.57. The molecule has 0 fully saturated rings. The molecule has 0 aliphatic carbocycles. The van der Waals surface area contributed by atoms with E-state index < -0.39 is 12.6 Å². The molecule has 0 spiro atoms. The van der Waals surface area contributed by atoms with Crippen LogP contribution in [0.3, 0.4) is 0 Å². The third-order valence-electron chi connectivity index (χ3n) is 6.54. The number of ether oxygens (including phenoxy) is 2. The van der Waals surface area contributed by atoms with E-state index in [4.69, 9.17) is 4.74 Å². The highest BCUT2D eigenvalue weighted by Crippen LogP contribution is 2.35. The molecule has 0 radical (unpaired) electrons. The monoisotopic (exact) mass is 510 g/mol. The molecule has 2 aliphatic heterocycles. The Labute approximate surface area is 214 Å². The lowest BCUT2D eigenvalue weighted by atomic mass is 10.0. The van der Waals surface area contributed by atoms with E-state index in [0.29, 0.717) is 31.9 Å². The predicted molar refractivity (Wildman–Crippen MR) is 137 cm³/mol. The van der Waals surface area contributed by atoms with E-state index in [-0.39, 0.29) is 5.75 Å². The van der Waals surface area contributed by atoms with E-state index in [2.05, 4.69) is 55.5 Å². The van der Waals surface area contributed by atoms with Gasteiger partial charge < -0.3 is 25.0 Å². The van der Waals surface area contributed by atoms with Crippen LogP contribution in [0.15, 0.2) is 84.7 Å². The number of rotatable bonds is 7. The van der Waals surface area contributed by atoms with E-state index in [1.807, 2.05) is 24.4 Å². The molecule has 37 heavy (non-hydrogen) atoms. The highest BCUT2D eigenvalue weighted by Gasteiger charge is 2.32. The number of alkyl halides is 3. The Bertz CT molecular complexity index is 1250. The summed E-state index contributed by atoms with van der Waals surface area (Å²) in [5.41, 5.74) is 6.18. The molecule has 3 aromatic carbocycles. The first-order valence-electron chi connectivity index (χ1n) is 12.1. The van der Waals surface area contributed by atoms with E-state index in [1.54, 1.807) is 19.2 Å². The molecule has 2 N–H and O–H groups in total. The Kier molecular flexibility index (Phi) is 7.25. The molecule has 6 nitrogen and oxygen atoms in total. The molecule has 0 saturated heterocycles. The molecule has 5 rings (SSSR count). The van der Waals surface area contributed by atoms with Crippen LogP contribution < -0.4 is 20.3 Å². The summed E-state index contributed by atoms with van der Waals surface area (Å²) in [5.74, 6) is -0.262. The summed E-state index contributed by atoms with van der Waals surface area (Å²) in [6.45, 7) is 3.36. The van der Waals surface area contributed by atoms with Gasteiger partial charge >= 0.3 is 6.36 Å². The quantitative estimate of drug-likeness (QED) is 0.455. The minimum atomic E-state index is -4.76. The van der Waals surface area contributed by atoms with Gasteiger partial charge in [0, 0.05) is 44.3 Å². The van der Waals surface area contributed by atoms with Crippen LogP contribution in [0.4, 0.5) is 18.9 Å². The maximum Gasteiger partial charge on any atom is 0.573 e. The van der Waals surface area contributed by atoms with Gasteiger partial charge in [0.1, 0.15) is 12.0 Å². The Hall–Kier alpha value is -3.69. The number of halogens is 3. The third-order valence-corrected chi connectivity index (χ3v) is 6.54. The fourth-order valence-electron chi connectivity index (χ4n) is 4.92. The SMILES string of the molecule is COC(c1cccc(OC(F)(F)F)c1)N1CCN(CC2=CNCN2)c2ccc(-c3ccccc3)cc2C1. The third kappa shape index (κ3) is 6.00. The Morgan fingerprint density at radius 1 is 0.946 bits per heavy atom. The van der Waals surface area contributed by atoms with Gasteiger partial charge in [0.25, 0.3) is 0 Å². The zero-order chi connectivity index (χ0) is 25.8. The maximum absolute atomic E-state index is 12.8. The summed E-state index contributed by atoms with van der Waals surface area (Å²) in [6.07, 6.45) is -3.31. The summed E-state index contributed by atoms with van der Waals surface area (Å²) in [4.78, 5) is 4.47. The van der Waals surface area contributed by atoms with Gasteiger partial charge in [0.15, 0.2) is 0 Å². The van der Waals surface area contributed by atoms with Crippen molar-refractivity contribution in [2.24, 2.45) is 0 Å². The molecule has 1 unspecified atom stereocenters. The summed E-state index contributed by atoms with van der Waals surface area (Å²) < 4.78 is 48.5. The lowest BCUT2D eigenvalue weighted by Gasteiger charge is -2.30. The number of benzene rings is 3. The van der Waals surface area contributed by atoms with Crippen LogP contribution >= 0.6 is 0 Å². The van der Waals surface area contributed by atoms with Crippen LogP contribution in [-0.4, -0.2) is 44.7 Å². The van der Waals surface area contributed by atoms with Crippen LogP contribution in [0.25, 0.3) is 11.1 Å². The molecule has 0 aromatic heterocycles.